The molecule has 1 aliphatic heterocycles. The fourth-order valence-electron chi connectivity index (χ4n) is 2.35. The second-order valence-corrected chi connectivity index (χ2v) is 5.56. The third kappa shape index (κ3) is 3.17. The Bertz CT molecular complexity index is 453. The molecule has 1 N–H and O–H groups in total. The van der Waals surface area contributed by atoms with E-state index >= 15 is 0 Å². The van der Waals surface area contributed by atoms with E-state index in [1.165, 1.54) is 0 Å². The van der Waals surface area contributed by atoms with E-state index in [9.17, 15) is 4.79 Å². The van der Waals surface area contributed by atoms with Crippen LogP contribution in [0, 0.1) is 0 Å². The largest absolute Gasteiger partial charge is 0.381 e. The summed E-state index contributed by atoms with van der Waals surface area (Å²) in [5.74, 6) is -0.0358. The highest BCUT2D eigenvalue weighted by Gasteiger charge is 2.34. The van der Waals surface area contributed by atoms with Crippen molar-refractivity contribution in [2.45, 2.75) is 31.7 Å². The number of rotatable bonds is 4. The van der Waals surface area contributed by atoms with Crippen LogP contribution in [-0.4, -0.2) is 39.8 Å². The lowest BCUT2D eigenvalue weighted by Gasteiger charge is -2.36. The highest BCUT2D eigenvalue weighted by Crippen LogP contribution is 2.24. The van der Waals surface area contributed by atoms with Gasteiger partial charge in [-0.1, -0.05) is 22.9 Å². The van der Waals surface area contributed by atoms with E-state index in [0.717, 1.165) is 30.3 Å². The van der Waals surface area contributed by atoms with Crippen molar-refractivity contribution in [2.24, 2.45) is 7.05 Å². The van der Waals surface area contributed by atoms with Crippen LogP contribution in [0.2, 0.25) is 0 Å². The Kier molecular flexibility index (Phi) is 4.62. The average Bonchev–Trinajstić information content (AvgIpc) is 2.81. The molecule has 1 saturated heterocycles. The fourth-order valence-corrected chi connectivity index (χ4v) is 3.05. The summed E-state index contributed by atoms with van der Waals surface area (Å²) in [7, 11) is 1.84. The first-order chi connectivity index (χ1) is 9.10. The number of carbonyl (C=O) groups is 1. The van der Waals surface area contributed by atoms with E-state index < -0.39 is 0 Å². The second-order valence-electron chi connectivity index (χ2n) is 5.00. The Hall–Kier alpha value is -0.880. The molecule has 1 aromatic heterocycles. The molecule has 106 valence electrons. The van der Waals surface area contributed by atoms with Crippen molar-refractivity contribution in [3.05, 3.63) is 17.5 Å². The summed E-state index contributed by atoms with van der Waals surface area (Å²) in [6.07, 6.45) is 4.22. The van der Waals surface area contributed by atoms with Crippen molar-refractivity contribution in [2.75, 3.05) is 18.5 Å². The first kappa shape index (κ1) is 14.5. The molecule has 0 spiro atoms. The Morgan fingerprint density at radius 3 is 2.84 bits per heavy atom. The molecule has 5 nitrogen and oxygen atoms in total. The quantitative estimate of drug-likeness (QED) is 0.854. The number of carbonyl (C=O) groups excluding carboxylic acids is 1. The van der Waals surface area contributed by atoms with Crippen LogP contribution in [0.4, 0.5) is 0 Å². The van der Waals surface area contributed by atoms with Gasteiger partial charge in [-0.25, -0.2) is 0 Å². The molecule has 19 heavy (non-hydrogen) atoms. The average molecular weight is 330 g/mol. The maximum atomic E-state index is 12.4. The van der Waals surface area contributed by atoms with Gasteiger partial charge < -0.3 is 10.1 Å². The van der Waals surface area contributed by atoms with Gasteiger partial charge in [-0.2, -0.15) is 5.10 Å². The van der Waals surface area contributed by atoms with Crippen LogP contribution < -0.4 is 5.32 Å². The first-order valence-electron chi connectivity index (χ1n) is 6.59. The third-order valence-electron chi connectivity index (χ3n) is 3.57. The highest BCUT2D eigenvalue weighted by atomic mass is 79.9. The molecule has 2 heterocycles. The molecule has 0 aromatic carbocycles. The summed E-state index contributed by atoms with van der Waals surface area (Å²) in [6.45, 7) is 3.40. The van der Waals surface area contributed by atoms with Crippen molar-refractivity contribution >= 4 is 21.8 Å². The Morgan fingerprint density at radius 2 is 2.26 bits per heavy atom. The van der Waals surface area contributed by atoms with Gasteiger partial charge in [-0.05, 0) is 19.3 Å². The van der Waals surface area contributed by atoms with E-state index in [1.807, 2.05) is 14.0 Å². The van der Waals surface area contributed by atoms with Gasteiger partial charge in [0, 0.05) is 31.8 Å². The maximum Gasteiger partial charge on any atom is 0.255 e. The van der Waals surface area contributed by atoms with E-state index in [1.54, 1.807) is 10.9 Å². The molecule has 0 bridgehead atoms. The van der Waals surface area contributed by atoms with Crippen LogP contribution in [0.1, 0.15) is 35.8 Å². The van der Waals surface area contributed by atoms with E-state index in [2.05, 4.69) is 26.3 Å². The van der Waals surface area contributed by atoms with Gasteiger partial charge in [0.1, 0.15) is 0 Å². The van der Waals surface area contributed by atoms with Crippen LogP contribution in [0.5, 0.6) is 0 Å². The van der Waals surface area contributed by atoms with E-state index in [0.29, 0.717) is 18.8 Å². The summed E-state index contributed by atoms with van der Waals surface area (Å²) in [5, 5.41) is 8.23. The van der Waals surface area contributed by atoms with Crippen molar-refractivity contribution in [1.82, 2.24) is 15.1 Å². The van der Waals surface area contributed by atoms with E-state index in [4.69, 9.17) is 4.74 Å². The van der Waals surface area contributed by atoms with Crippen molar-refractivity contribution in [3.63, 3.8) is 0 Å². The molecule has 1 fully saturated rings. The summed E-state index contributed by atoms with van der Waals surface area (Å²) in [5.41, 5.74) is 1.32. The van der Waals surface area contributed by atoms with E-state index in [-0.39, 0.29) is 11.4 Å². The van der Waals surface area contributed by atoms with Crippen LogP contribution in [-0.2, 0) is 18.2 Å². The zero-order valence-corrected chi connectivity index (χ0v) is 13.0. The lowest BCUT2D eigenvalue weighted by molar-refractivity contribution is 0.0441. The molecule has 6 heteroatoms. The number of nitrogens with zero attached hydrogens (tertiary/aromatic N) is 2. The molecule has 1 amide bonds. The Morgan fingerprint density at radius 1 is 1.58 bits per heavy atom. The lowest BCUT2D eigenvalue weighted by atomic mass is 9.92. The van der Waals surface area contributed by atoms with Crippen molar-refractivity contribution in [3.8, 4) is 0 Å². The van der Waals surface area contributed by atoms with Gasteiger partial charge in [0.15, 0.2) is 0 Å². The minimum Gasteiger partial charge on any atom is -0.381 e. The number of hydrogen-bond donors (Lipinski definition) is 1. The number of aromatic nitrogens is 2. The maximum absolute atomic E-state index is 12.4. The standard InChI is InChI=1S/C13H20BrN3O2/c1-3-11-10(8-17(2)16-11)12(18)15-13(9-14)4-6-19-7-5-13/h8H,3-7,9H2,1-2H3,(H,15,18). The molecule has 1 aliphatic rings. The molecule has 2 rings (SSSR count). The molecule has 0 atom stereocenters. The van der Waals surface area contributed by atoms with Gasteiger partial charge in [0.25, 0.3) is 5.91 Å². The smallest absolute Gasteiger partial charge is 0.255 e. The van der Waals surface area contributed by atoms with Gasteiger partial charge in [0.05, 0.1) is 16.8 Å². The highest BCUT2D eigenvalue weighted by molar-refractivity contribution is 9.09. The molecule has 0 aliphatic carbocycles. The zero-order valence-electron chi connectivity index (χ0n) is 11.4. The summed E-state index contributed by atoms with van der Waals surface area (Å²) in [6, 6.07) is 0. The van der Waals surface area contributed by atoms with Crippen LogP contribution >= 0.6 is 15.9 Å². The lowest BCUT2D eigenvalue weighted by Crippen LogP contribution is -2.53. The number of aryl methyl sites for hydroxylation is 2. The normalized spacial score (nSPS) is 18.3. The molecular formula is C13H20BrN3O2. The molecule has 1 aromatic rings. The van der Waals surface area contributed by atoms with Crippen molar-refractivity contribution < 1.29 is 9.53 Å². The minimum absolute atomic E-state index is 0.0358. The summed E-state index contributed by atoms with van der Waals surface area (Å²) < 4.78 is 7.07. The summed E-state index contributed by atoms with van der Waals surface area (Å²) >= 11 is 3.52. The van der Waals surface area contributed by atoms with Gasteiger partial charge in [-0.15, -0.1) is 0 Å². The monoisotopic (exact) mass is 329 g/mol. The van der Waals surface area contributed by atoms with Crippen LogP contribution in [0.25, 0.3) is 0 Å². The first-order valence-corrected chi connectivity index (χ1v) is 7.71. The van der Waals surface area contributed by atoms with Gasteiger partial charge in [0.2, 0.25) is 0 Å². The predicted molar refractivity (Wildman–Crippen MR) is 76.6 cm³/mol. The zero-order chi connectivity index (χ0) is 13.9. The molecule has 0 saturated carbocycles. The third-order valence-corrected chi connectivity index (χ3v) is 4.64. The topological polar surface area (TPSA) is 56.2 Å². The summed E-state index contributed by atoms with van der Waals surface area (Å²) in [4.78, 5) is 12.4. The van der Waals surface area contributed by atoms with Gasteiger partial charge >= 0.3 is 0 Å². The number of ether oxygens (including phenoxy) is 1. The fraction of sp³-hybridized carbons (Fsp3) is 0.692. The number of hydrogen-bond acceptors (Lipinski definition) is 3. The number of alkyl halides is 1. The molecule has 0 radical (unpaired) electrons. The predicted octanol–water partition coefficient (Wildman–Crippen LogP) is 1.66. The number of halogens is 1. The molecule has 0 unspecified atom stereocenters. The Balaban J connectivity index is 2.14. The second kappa shape index (κ2) is 6.05. The number of amides is 1. The van der Waals surface area contributed by atoms with Crippen molar-refractivity contribution in [1.29, 1.82) is 0 Å². The number of nitrogens with one attached hydrogen (secondary N) is 1. The SMILES string of the molecule is CCc1nn(C)cc1C(=O)NC1(CBr)CCOCC1. The van der Waals surface area contributed by atoms with Crippen LogP contribution in [0.15, 0.2) is 6.20 Å². The van der Waals surface area contributed by atoms with Crippen LogP contribution in [0.3, 0.4) is 0 Å². The Labute approximate surface area is 121 Å². The minimum atomic E-state index is -0.198. The molecular weight excluding hydrogens is 310 g/mol. The van der Waals surface area contributed by atoms with Gasteiger partial charge in [-0.3, -0.25) is 9.48 Å².